The molecule has 1 N–H and O–H groups in total. The van der Waals surface area contributed by atoms with Crippen LogP contribution in [0.2, 0.25) is 5.02 Å². The highest BCUT2D eigenvalue weighted by Gasteiger charge is 2.15. The summed E-state index contributed by atoms with van der Waals surface area (Å²) in [5, 5.41) is 8.00. The van der Waals surface area contributed by atoms with Gasteiger partial charge in [0, 0.05) is 36.3 Å². The summed E-state index contributed by atoms with van der Waals surface area (Å²) in [5.74, 6) is -0.256. The van der Waals surface area contributed by atoms with E-state index in [2.05, 4.69) is 10.4 Å². The lowest BCUT2D eigenvalue weighted by Gasteiger charge is -2.16. The molecule has 0 amide bonds. The number of likely N-dealkylation sites (N-methyl/N-ethyl adjacent to an activating group) is 1. The van der Waals surface area contributed by atoms with Gasteiger partial charge in [-0.3, -0.25) is 4.68 Å². The number of halogens is 2. The lowest BCUT2D eigenvalue weighted by molar-refractivity contribution is 0.525. The molecule has 2 rings (SSSR count). The molecule has 3 nitrogen and oxygen atoms in total. The first-order valence-electron chi connectivity index (χ1n) is 6.19. The summed E-state index contributed by atoms with van der Waals surface area (Å²) < 4.78 is 15.5. The quantitative estimate of drug-likeness (QED) is 0.913. The highest BCUT2D eigenvalue weighted by Crippen LogP contribution is 2.21. The van der Waals surface area contributed by atoms with Crippen LogP contribution in [0.1, 0.15) is 11.3 Å². The topological polar surface area (TPSA) is 29.9 Å². The van der Waals surface area contributed by atoms with Crippen LogP contribution in [0, 0.1) is 5.82 Å². The first kappa shape index (κ1) is 14.0. The lowest BCUT2D eigenvalue weighted by Crippen LogP contribution is -2.30. The number of hydrogen-bond donors (Lipinski definition) is 1. The van der Waals surface area contributed by atoms with E-state index in [1.54, 1.807) is 16.8 Å². The molecular formula is C14H17ClFN3. The molecule has 1 unspecified atom stereocenters. The van der Waals surface area contributed by atoms with E-state index in [0.29, 0.717) is 17.0 Å². The zero-order valence-electron chi connectivity index (χ0n) is 11.0. The van der Waals surface area contributed by atoms with Crippen molar-refractivity contribution < 1.29 is 4.39 Å². The molecule has 1 atom stereocenters. The molecule has 0 aliphatic heterocycles. The number of rotatable bonds is 5. The van der Waals surface area contributed by atoms with E-state index in [1.807, 2.05) is 26.4 Å². The van der Waals surface area contributed by atoms with Gasteiger partial charge in [0.2, 0.25) is 0 Å². The fourth-order valence-electron chi connectivity index (χ4n) is 2.07. The summed E-state index contributed by atoms with van der Waals surface area (Å²) in [7, 11) is 3.74. The average molecular weight is 282 g/mol. The smallest absolute Gasteiger partial charge is 0.127 e. The number of aryl methyl sites for hydroxylation is 1. The minimum atomic E-state index is -0.256. The Morgan fingerprint density at radius 2 is 2.16 bits per heavy atom. The molecule has 0 spiro atoms. The highest BCUT2D eigenvalue weighted by molar-refractivity contribution is 6.31. The summed E-state index contributed by atoms with van der Waals surface area (Å²) in [4.78, 5) is 0. The van der Waals surface area contributed by atoms with E-state index in [0.717, 1.165) is 12.1 Å². The van der Waals surface area contributed by atoms with Crippen molar-refractivity contribution >= 4 is 11.6 Å². The third-order valence-electron chi connectivity index (χ3n) is 3.14. The van der Waals surface area contributed by atoms with Gasteiger partial charge in [0.1, 0.15) is 5.82 Å². The molecule has 0 saturated carbocycles. The first-order chi connectivity index (χ1) is 9.10. The molecule has 1 aromatic heterocycles. The third kappa shape index (κ3) is 3.55. The molecule has 0 bridgehead atoms. The molecule has 0 radical (unpaired) electrons. The van der Waals surface area contributed by atoms with E-state index in [4.69, 9.17) is 11.6 Å². The zero-order chi connectivity index (χ0) is 13.8. The molecule has 2 aromatic rings. The Balaban J connectivity index is 2.11. The second kappa shape index (κ2) is 6.17. The van der Waals surface area contributed by atoms with Gasteiger partial charge in [-0.05, 0) is 31.7 Å². The van der Waals surface area contributed by atoms with E-state index < -0.39 is 0 Å². The van der Waals surface area contributed by atoms with Gasteiger partial charge < -0.3 is 5.32 Å². The predicted molar refractivity (Wildman–Crippen MR) is 74.9 cm³/mol. The second-order valence-corrected chi connectivity index (χ2v) is 4.98. The van der Waals surface area contributed by atoms with Crippen LogP contribution in [0.4, 0.5) is 4.39 Å². The largest absolute Gasteiger partial charge is 0.316 e. The van der Waals surface area contributed by atoms with Gasteiger partial charge in [-0.25, -0.2) is 4.39 Å². The van der Waals surface area contributed by atoms with Gasteiger partial charge in [0.05, 0.1) is 5.69 Å². The average Bonchev–Trinajstić information content (AvgIpc) is 2.78. The lowest BCUT2D eigenvalue weighted by atomic mass is 10.0. The van der Waals surface area contributed by atoms with Crippen molar-refractivity contribution in [1.82, 2.24) is 15.1 Å². The van der Waals surface area contributed by atoms with Crippen LogP contribution in [0.3, 0.4) is 0 Å². The van der Waals surface area contributed by atoms with Gasteiger partial charge in [-0.15, -0.1) is 0 Å². The SMILES string of the molecule is CNC(Cc1ccn(C)n1)Cc1c(F)cccc1Cl. The number of hydrogen-bond acceptors (Lipinski definition) is 2. The Bertz CT molecular complexity index is 533. The molecule has 5 heteroatoms. The Kier molecular flexibility index (Phi) is 4.56. The van der Waals surface area contributed by atoms with Gasteiger partial charge >= 0.3 is 0 Å². The van der Waals surface area contributed by atoms with Crippen molar-refractivity contribution in [2.75, 3.05) is 7.05 Å². The Morgan fingerprint density at radius 3 is 2.74 bits per heavy atom. The monoisotopic (exact) mass is 281 g/mol. The Hall–Kier alpha value is -1.39. The molecule has 1 heterocycles. The molecule has 1 aromatic carbocycles. The van der Waals surface area contributed by atoms with E-state index >= 15 is 0 Å². The number of benzene rings is 1. The van der Waals surface area contributed by atoms with Crippen molar-refractivity contribution in [3.8, 4) is 0 Å². The van der Waals surface area contributed by atoms with E-state index in [1.165, 1.54) is 6.07 Å². The van der Waals surface area contributed by atoms with Gasteiger partial charge in [-0.1, -0.05) is 17.7 Å². The molecule has 0 fully saturated rings. The van der Waals surface area contributed by atoms with E-state index in [9.17, 15) is 4.39 Å². The van der Waals surface area contributed by atoms with Crippen LogP contribution in [-0.2, 0) is 19.9 Å². The molecule has 0 saturated heterocycles. The Labute approximate surface area is 117 Å². The van der Waals surface area contributed by atoms with Crippen molar-refractivity contribution in [3.63, 3.8) is 0 Å². The number of nitrogens with zero attached hydrogens (tertiary/aromatic N) is 2. The van der Waals surface area contributed by atoms with Crippen molar-refractivity contribution in [2.24, 2.45) is 7.05 Å². The molecule has 0 aliphatic rings. The standard InChI is InChI=1S/C14H17ClFN3/c1-17-11(8-10-6-7-19(2)18-10)9-12-13(15)4-3-5-14(12)16/h3-7,11,17H,8-9H2,1-2H3. The van der Waals surface area contributed by atoms with Crippen molar-refractivity contribution in [2.45, 2.75) is 18.9 Å². The third-order valence-corrected chi connectivity index (χ3v) is 3.50. The maximum Gasteiger partial charge on any atom is 0.127 e. The van der Waals surface area contributed by atoms with Crippen LogP contribution >= 0.6 is 11.6 Å². The van der Waals surface area contributed by atoms with Crippen molar-refractivity contribution in [1.29, 1.82) is 0 Å². The normalized spacial score (nSPS) is 12.6. The van der Waals surface area contributed by atoms with Crippen molar-refractivity contribution in [3.05, 3.63) is 52.6 Å². The van der Waals surface area contributed by atoms with Gasteiger partial charge in [0.15, 0.2) is 0 Å². The maximum atomic E-state index is 13.8. The number of aromatic nitrogens is 2. The van der Waals surface area contributed by atoms with Crippen LogP contribution < -0.4 is 5.32 Å². The minimum absolute atomic E-state index is 0.101. The van der Waals surface area contributed by atoms with E-state index in [-0.39, 0.29) is 11.9 Å². The highest BCUT2D eigenvalue weighted by atomic mass is 35.5. The number of nitrogens with one attached hydrogen (secondary N) is 1. The summed E-state index contributed by atoms with van der Waals surface area (Å²) in [6.45, 7) is 0. The summed E-state index contributed by atoms with van der Waals surface area (Å²) in [6.07, 6.45) is 3.18. The van der Waals surface area contributed by atoms with Crippen LogP contribution in [0.25, 0.3) is 0 Å². The van der Waals surface area contributed by atoms with Gasteiger partial charge in [0.25, 0.3) is 0 Å². The molecule has 19 heavy (non-hydrogen) atoms. The first-order valence-corrected chi connectivity index (χ1v) is 6.56. The summed E-state index contributed by atoms with van der Waals surface area (Å²) >= 11 is 6.05. The van der Waals surface area contributed by atoms with Crippen LogP contribution in [0.15, 0.2) is 30.5 Å². The summed E-state index contributed by atoms with van der Waals surface area (Å²) in [6, 6.07) is 6.84. The Morgan fingerprint density at radius 1 is 1.37 bits per heavy atom. The predicted octanol–water partition coefficient (Wildman–Crippen LogP) is 2.59. The maximum absolute atomic E-state index is 13.8. The molecular weight excluding hydrogens is 265 g/mol. The summed E-state index contributed by atoms with van der Waals surface area (Å²) in [5.41, 5.74) is 1.54. The zero-order valence-corrected chi connectivity index (χ0v) is 11.8. The second-order valence-electron chi connectivity index (χ2n) is 4.57. The molecule has 0 aliphatic carbocycles. The van der Waals surface area contributed by atoms with Crippen LogP contribution in [-0.4, -0.2) is 22.9 Å². The minimum Gasteiger partial charge on any atom is -0.316 e. The fraction of sp³-hybridized carbons (Fsp3) is 0.357. The fourth-order valence-corrected chi connectivity index (χ4v) is 2.31. The molecule has 102 valence electrons. The van der Waals surface area contributed by atoms with Gasteiger partial charge in [-0.2, -0.15) is 5.10 Å². The van der Waals surface area contributed by atoms with Crippen LogP contribution in [0.5, 0.6) is 0 Å².